The van der Waals surface area contributed by atoms with E-state index in [0.29, 0.717) is 0 Å². The van der Waals surface area contributed by atoms with Gasteiger partial charge >= 0.3 is 0 Å². The third-order valence-electron chi connectivity index (χ3n) is 2.01. The van der Waals surface area contributed by atoms with Crippen LogP contribution in [0.4, 0.5) is 0 Å². The van der Waals surface area contributed by atoms with Crippen LogP contribution in [0.25, 0.3) is 10.2 Å². The van der Waals surface area contributed by atoms with E-state index in [-0.39, 0.29) is 0 Å². The lowest BCUT2D eigenvalue weighted by Crippen LogP contribution is -1.80. The van der Waals surface area contributed by atoms with Gasteiger partial charge in [0.2, 0.25) is 0 Å². The lowest BCUT2D eigenvalue weighted by Gasteiger charge is -1.96. The van der Waals surface area contributed by atoms with E-state index in [4.69, 9.17) is 4.74 Å². The Labute approximate surface area is 107 Å². The maximum Gasteiger partial charge on any atom is 0.168 e. The summed E-state index contributed by atoms with van der Waals surface area (Å²) in [4.78, 5) is 4.43. The second kappa shape index (κ2) is 5.33. The molecular formula is C12H10BrNOS. The van der Waals surface area contributed by atoms with E-state index in [1.54, 1.807) is 18.4 Å². The van der Waals surface area contributed by atoms with Crippen molar-refractivity contribution in [2.24, 2.45) is 0 Å². The summed E-state index contributed by atoms with van der Waals surface area (Å²) >= 11 is 4.94. The number of halogens is 1. The Kier molecular flexibility index (Phi) is 3.81. The molecule has 0 bridgehead atoms. The molecule has 0 spiro atoms. The molecule has 0 aliphatic rings. The Balaban J connectivity index is 2.34. The molecule has 0 unspecified atom stereocenters. The average Bonchev–Trinajstić information content (AvgIpc) is 2.70. The normalized spacial score (nSPS) is 9.88. The molecule has 0 saturated heterocycles. The highest BCUT2D eigenvalue weighted by Crippen LogP contribution is 2.25. The predicted octanol–water partition coefficient (Wildman–Crippen LogP) is 3.44. The van der Waals surface area contributed by atoms with Crippen LogP contribution in [0.15, 0.2) is 18.2 Å². The summed E-state index contributed by atoms with van der Waals surface area (Å²) in [6.07, 6.45) is 0.846. The second-order valence-electron chi connectivity index (χ2n) is 3.09. The fraction of sp³-hybridized carbons (Fsp3) is 0.250. The number of nitrogens with zero attached hydrogens (tertiary/aromatic N) is 1. The van der Waals surface area contributed by atoms with Gasteiger partial charge in [-0.25, -0.2) is 4.98 Å². The van der Waals surface area contributed by atoms with Crippen molar-refractivity contribution >= 4 is 37.5 Å². The van der Waals surface area contributed by atoms with Crippen molar-refractivity contribution < 1.29 is 4.74 Å². The minimum Gasteiger partial charge on any atom is -0.497 e. The van der Waals surface area contributed by atoms with Crippen LogP contribution in [0.5, 0.6) is 5.75 Å². The summed E-state index contributed by atoms with van der Waals surface area (Å²) in [5, 5.41) is 1.77. The zero-order valence-electron chi connectivity index (χ0n) is 8.79. The van der Waals surface area contributed by atoms with Crippen LogP contribution in [0.1, 0.15) is 11.4 Å². The number of fused-ring (bicyclic) bond motifs is 1. The van der Waals surface area contributed by atoms with Gasteiger partial charge in [-0.05, 0) is 24.1 Å². The number of rotatable bonds is 2. The van der Waals surface area contributed by atoms with Gasteiger partial charge in [-0.1, -0.05) is 21.9 Å². The van der Waals surface area contributed by atoms with Gasteiger partial charge in [-0.2, -0.15) is 0 Å². The first-order valence-electron chi connectivity index (χ1n) is 4.83. The van der Waals surface area contributed by atoms with E-state index in [9.17, 15) is 0 Å². The number of ether oxygens (including phenoxy) is 1. The van der Waals surface area contributed by atoms with Crippen molar-refractivity contribution in [1.82, 2.24) is 4.98 Å². The Hall–Kier alpha value is -1.05. The minimum atomic E-state index is 0.846. The lowest BCUT2D eigenvalue weighted by molar-refractivity contribution is 0.415. The molecule has 1 aromatic carbocycles. The molecule has 1 heterocycles. The van der Waals surface area contributed by atoms with Gasteiger partial charge in [0.1, 0.15) is 5.75 Å². The van der Waals surface area contributed by atoms with Crippen LogP contribution in [0.2, 0.25) is 0 Å². The van der Waals surface area contributed by atoms with Crippen molar-refractivity contribution in [3.8, 4) is 17.6 Å². The van der Waals surface area contributed by atoms with E-state index in [0.717, 1.165) is 32.7 Å². The zero-order valence-corrected chi connectivity index (χ0v) is 11.2. The minimum absolute atomic E-state index is 0.846. The van der Waals surface area contributed by atoms with E-state index in [1.807, 2.05) is 18.2 Å². The van der Waals surface area contributed by atoms with Gasteiger partial charge in [-0.3, -0.25) is 0 Å². The first kappa shape index (κ1) is 11.4. The maximum atomic E-state index is 5.17. The number of hydrogen-bond donors (Lipinski definition) is 0. The third kappa shape index (κ3) is 2.55. The average molecular weight is 296 g/mol. The van der Waals surface area contributed by atoms with Crippen LogP contribution < -0.4 is 4.74 Å². The van der Waals surface area contributed by atoms with E-state index >= 15 is 0 Å². The maximum absolute atomic E-state index is 5.17. The molecule has 82 valence electrons. The van der Waals surface area contributed by atoms with Gasteiger partial charge in [0.25, 0.3) is 0 Å². The van der Waals surface area contributed by atoms with Crippen molar-refractivity contribution in [1.29, 1.82) is 0 Å². The third-order valence-corrected chi connectivity index (χ3v) is 3.34. The summed E-state index contributed by atoms with van der Waals surface area (Å²) in [5.41, 5.74) is 0.981. The largest absolute Gasteiger partial charge is 0.497 e. The molecule has 2 rings (SSSR count). The highest BCUT2D eigenvalue weighted by atomic mass is 79.9. The summed E-state index contributed by atoms with van der Waals surface area (Å²) in [6, 6.07) is 5.86. The van der Waals surface area contributed by atoms with Crippen LogP contribution in [0, 0.1) is 11.8 Å². The van der Waals surface area contributed by atoms with Crippen molar-refractivity contribution in [2.45, 2.75) is 6.42 Å². The molecule has 1 aromatic heterocycles. The highest BCUT2D eigenvalue weighted by molar-refractivity contribution is 9.09. The summed E-state index contributed by atoms with van der Waals surface area (Å²) < 4.78 is 6.28. The van der Waals surface area contributed by atoms with Crippen molar-refractivity contribution in [3.05, 3.63) is 23.2 Å². The molecule has 2 aromatic rings. The van der Waals surface area contributed by atoms with E-state index in [1.165, 1.54) is 0 Å². The first-order chi connectivity index (χ1) is 7.83. The van der Waals surface area contributed by atoms with Gasteiger partial charge in [0.15, 0.2) is 5.01 Å². The highest BCUT2D eigenvalue weighted by Gasteiger charge is 2.02. The number of hydrogen-bond acceptors (Lipinski definition) is 3. The molecule has 0 saturated carbocycles. The number of aromatic nitrogens is 1. The number of methoxy groups -OCH3 is 1. The van der Waals surface area contributed by atoms with Crippen LogP contribution in [-0.4, -0.2) is 17.4 Å². The monoisotopic (exact) mass is 295 g/mol. The topological polar surface area (TPSA) is 22.1 Å². The van der Waals surface area contributed by atoms with Crippen LogP contribution in [0.3, 0.4) is 0 Å². The Morgan fingerprint density at radius 2 is 2.38 bits per heavy atom. The molecular weight excluding hydrogens is 286 g/mol. The number of alkyl halides is 1. The number of benzene rings is 1. The molecule has 0 aliphatic carbocycles. The van der Waals surface area contributed by atoms with Gasteiger partial charge in [-0.15, -0.1) is 11.3 Å². The fourth-order valence-electron chi connectivity index (χ4n) is 1.27. The van der Waals surface area contributed by atoms with Crippen molar-refractivity contribution in [2.75, 3.05) is 12.4 Å². The summed E-state index contributed by atoms with van der Waals surface area (Å²) in [6.45, 7) is 0. The predicted molar refractivity (Wildman–Crippen MR) is 71.5 cm³/mol. The quantitative estimate of drug-likeness (QED) is 0.625. The van der Waals surface area contributed by atoms with E-state index < -0.39 is 0 Å². The SMILES string of the molecule is COc1ccc2nc(C#CCCBr)sc2c1. The second-order valence-corrected chi connectivity index (χ2v) is 4.92. The summed E-state index contributed by atoms with van der Waals surface area (Å²) in [7, 11) is 1.67. The van der Waals surface area contributed by atoms with Gasteiger partial charge in [0.05, 0.1) is 17.3 Å². The molecule has 0 atom stereocenters. The molecule has 0 N–H and O–H groups in total. The zero-order chi connectivity index (χ0) is 11.4. The molecule has 0 fully saturated rings. The lowest BCUT2D eigenvalue weighted by atomic mass is 10.3. The fourth-order valence-corrected chi connectivity index (χ4v) is 2.34. The van der Waals surface area contributed by atoms with Crippen LogP contribution in [-0.2, 0) is 0 Å². The standard InChI is InChI=1S/C12H10BrNOS/c1-15-9-5-6-10-11(8-9)16-12(14-10)4-2-3-7-13/h5-6,8H,3,7H2,1H3. The summed E-state index contributed by atoms with van der Waals surface area (Å²) in [5.74, 6) is 6.98. The Morgan fingerprint density at radius 3 is 3.12 bits per heavy atom. The van der Waals surface area contributed by atoms with E-state index in [2.05, 4.69) is 32.8 Å². The molecule has 0 amide bonds. The van der Waals surface area contributed by atoms with Crippen LogP contribution >= 0.6 is 27.3 Å². The number of thiazole rings is 1. The Bertz CT molecular complexity index is 553. The molecule has 16 heavy (non-hydrogen) atoms. The van der Waals surface area contributed by atoms with Crippen molar-refractivity contribution in [3.63, 3.8) is 0 Å². The molecule has 2 nitrogen and oxygen atoms in total. The molecule has 4 heteroatoms. The Morgan fingerprint density at radius 1 is 1.50 bits per heavy atom. The van der Waals surface area contributed by atoms with Gasteiger partial charge in [0, 0.05) is 11.8 Å². The van der Waals surface area contributed by atoms with Gasteiger partial charge < -0.3 is 4.74 Å². The molecule has 0 radical (unpaired) electrons. The molecule has 0 aliphatic heterocycles. The smallest absolute Gasteiger partial charge is 0.168 e. The first-order valence-corrected chi connectivity index (χ1v) is 6.76.